The van der Waals surface area contributed by atoms with Gasteiger partial charge in [0.25, 0.3) is 5.56 Å². The lowest BCUT2D eigenvalue weighted by Gasteiger charge is -2.15. The minimum absolute atomic E-state index is 0.120. The predicted molar refractivity (Wildman–Crippen MR) is 149 cm³/mol. The van der Waals surface area contributed by atoms with Crippen molar-refractivity contribution in [3.8, 4) is 23.1 Å². The number of hydrogen-bond donors (Lipinski definition) is 0. The number of fused-ring (bicyclic) bond motifs is 2. The van der Waals surface area contributed by atoms with Gasteiger partial charge < -0.3 is 18.6 Å². The molecule has 5 aromatic rings. The zero-order valence-corrected chi connectivity index (χ0v) is 22.5. The van der Waals surface area contributed by atoms with Crippen LogP contribution in [-0.2, 0) is 9.53 Å². The standard InChI is InChI=1S/C28H21Cl2N3O6/c1-15(28(35)37-3)38-25-19(29)11-16(12-20(25)30)14-31-33-26(32-21-8-5-4-7-17(21)27(33)34)24-13-18-22(36-2)9-6-10-23(18)39-24/h4-15H,1-3H3/t15-/m0/s1. The number of hydrogen-bond acceptors (Lipinski definition) is 8. The first-order valence-corrected chi connectivity index (χ1v) is 12.4. The van der Waals surface area contributed by atoms with Gasteiger partial charge in [-0.15, -0.1) is 0 Å². The quantitative estimate of drug-likeness (QED) is 0.177. The number of ether oxygens (including phenoxy) is 3. The third-order valence-electron chi connectivity index (χ3n) is 5.89. The molecule has 0 N–H and O–H groups in total. The lowest BCUT2D eigenvalue weighted by atomic mass is 10.2. The van der Waals surface area contributed by atoms with Crippen molar-refractivity contribution >= 4 is 57.3 Å². The summed E-state index contributed by atoms with van der Waals surface area (Å²) in [6.45, 7) is 1.52. The van der Waals surface area contributed by atoms with E-state index in [1.165, 1.54) is 20.2 Å². The van der Waals surface area contributed by atoms with Gasteiger partial charge in [-0.1, -0.05) is 41.4 Å². The highest BCUT2D eigenvalue weighted by molar-refractivity contribution is 6.37. The average Bonchev–Trinajstić information content (AvgIpc) is 3.38. The molecule has 1 atom stereocenters. The molecule has 0 bridgehead atoms. The zero-order valence-electron chi connectivity index (χ0n) is 21.0. The van der Waals surface area contributed by atoms with Gasteiger partial charge in [0.05, 0.1) is 46.8 Å². The fraction of sp³-hybridized carbons (Fsp3) is 0.143. The minimum atomic E-state index is -0.920. The molecule has 5 rings (SSSR count). The third kappa shape index (κ3) is 5.06. The first kappa shape index (κ1) is 26.3. The molecule has 3 aromatic carbocycles. The number of halogens is 2. The maximum absolute atomic E-state index is 13.5. The zero-order chi connectivity index (χ0) is 27.7. The van der Waals surface area contributed by atoms with Gasteiger partial charge >= 0.3 is 5.97 Å². The highest BCUT2D eigenvalue weighted by Crippen LogP contribution is 2.35. The summed E-state index contributed by atoms with van der Waals surface area (Å²) in [7, 11) is 2.82. The number of furan rings is 1. The summed E-state index contributed by atoms with van der Waals surface area (Å²) in [5, 5.41) is 5.82. The van der Waals surface area contributed by atoms with Crippen molar-refractivity contribution < 1.29 is 23.4 Å². The number of esters is 1. The van der Waals surface area contributed by atoms with Gasteiger partial charge in [-0.25, -0.2) is 9.78 Å². The van der Waals surface area contributed by atoms with E-state index in [2.05, 4.69) is 14.8 Å². The second-order valence-corrected chi connectivity index (χ2v) is 9.21. The molecule has 0 aliphatic carbocycles. The molecule has 198 valence electrons. The Morgan fingerprint density at radius 1 is 1.05 bits per heavy atom. The van der Waals surface area contributed by atoms with Gasteiger partial charge in [-0.2, -0.15) is 9.78 Å². The summed E-state index contributed by atoms with van der Waals surface area (Å²) in [5.41, 5.74) is 1.13. The molecule has 0 fully saturated rings. The molecule has 0 unspecified atom stereocenters. The molecular weight excluding hydrogens is 545 g/mol. The molecule has 0 aliphatic heterocycles. The van der Waals surface area contributed by atoms with E-state index < -0.39 is 17.6 Å². The summed E-state index contributed by atoms with van der Waals surface area (Å²) in [5.74, 6) is 0.679. The van der Waals surface area contributed by atoms with E-state index in [9.17, 15) is 9.59 Å². The maximum Gasteiger partial charge on any atom is 0.346 e. The molecule has 2 aromatic heterocycles. The Morgan fingerprint density at radius 3 is 2.51 bits per heavy atom. The van der Waals surface area contributed by atoms with Gasteiger partial charge in [0.15, 0.2) is 17.6 Å². The average molecular weight is 566 g/mol. The molecule has 2 heterocycles. The molecule has 39 heavy (non-hydrogen) atoms. The summed E-state index contributed by atoms with van der Waals surface area (Å²) >= 11 is 12.8. The molecule has 0 amide bonds. The number of benzene rings is 3. The van der Waals surface area contributed by atoms with Crippen LogP contribution in [0.2, 0.25) is 10.0 Å². The van der Waals surface area contributed by atoms with E-state index in [-0.39, 0.29) is 21.6 Å². The van der Waals surface area contributed by atoms with Crippen LogP contribution in [0.5, 0.6) is 11.5 Å². The third-order valence-corrected chi connectivity index (χ3v) is 6.45. The van der Waals surface area contributed by atoms with E-state index in [0.29, 0.717) is 33.6 Å². The fourth-order valence-electron chi connectivity index (χ4n) is 3.99. The first-order chi connectivity index (χ1) is 18.8. The molecule has 0 aliphatic rings. The topological polar surface area (TPSA) is 105 Å². The van der Waals surface area contributed by atoms with Gasteiger partial charge in [-0.05, 0) is 55.0 Å². The summed E-state index contributed by atoms with van der Waals surface area (Å²) < 4.78 is 22.9. The molecule has 9 nitrogen and oxygen atoms in total. The van der Waals surface area contributed by atoms with Crippen molar-refractivity contribution in [3.05, 3.63) is 86.6 Å². The number of aromatic nitrogens is 2. The Morgan fingerprint density at radius 2 is 1.79 bits per heavy atom. The smallest absolute Gasteiger partial charge is 0.346 e. The normalized spacial score (nSPS) is 12.2. The van der Waals surface area contributed by atoms with Crippen molar-refractivity contribution in [3.63, 3.8) is 0 Å². The Balaban J connectivity index is 1.60. The van der Waals surface area contributed by atoms with Crippen molar-refractivity contribution in [2.45, 2.75) is 13.0 Å². The summed E-state index contributed by atoms with van der Waals surface area (Å²) in [4.78, 5) is 29.9. The molecule has 0 spiro atoms. The number of carbonyl (C=O) groups is 1. The SMILES string of the molecule is COC(=O)[C@H](C)Oc1c(Cl)cc(C=Nn2c(-c3cc4c(OC)cccc4o3)nc3ccccc3c2=O)cc1Cl. The molecule has 11 heteroatoms. The van der Waals surface area contributed by atoms with Crippen molar-refractivity contribution in [1.82, 2.24) is 9.66 Å². The first-order valence-electron chi connectivity index (χ1n) is 11.7. The van der Waals surface area contributed by atoms with Crippen molar-refractivity contribution in [2.24, 2.45) is 5.10 Å². The molecular formula is C28H21Cl2N3O6. The number of carbonyl (C=O) groups excluding carboxylic acids is 1. The molecule has 0 radical (unpaired) electrons. The molecule has 0 saturated carbocycles. The van der Waals surface area contributed by atoms with Crippen LogP contribution in [0.1, 0.15) is 12.5 Å². The number of methoxy groups -OCH3 is 2. The highest BCUT2D eigenvalue weighted by atomic mass is 35.5. The van der Waals surface area contributed by atoms with Crippen LogP contribution >= 0.6 is 23.2 Å². The second-order valence-electron chi connectivity index (χ2n) is 8.39. The monoisotopic (exact) mass is 565 g/mol. The highest BCUT2D eigenvalue weighted by Gasteiger charge is 2.20. The van der Waals surface area contributed by atoms with E-state index in [1.807, 2.05) is 6.07 Å². The van der Waals surface area contributed by atoms with Crippen LogP contribution in [-0.4, -0.2) is 42.2 Å². The molecule has 0 saturated heterocycles. The van der Waals surface area contributed by atoms with E-state index in [1.54, 1.807) is 61.7 Å². The van der Waals surface area contributed by atoms with Crippen LogP contribution in [0, 0.1) is 0 Å². The fourth-order valence-corrected chi connectivity index (χ4v) is 4.59. The Bertz CT molecular complexity index is 1790. The van der Waals surface area contributed by atoms with Crippen LogP contribution in [0.3, 0.4) is 0 Å². The van der Waals surface area contributed by atoms with Crippen molar-refractivity contribution in [1.29, 1.82) is 0 Å². The predicted octanol–water partition coefficient (Wildman–Crippen LogP) is 5.95. The lowest BCUT2D eigenvalue weighted by molar-refractivity contribution is -0.147. The summed E-state index contributed by atoms with van der Waals surface area (Å²) in [6.07, 6.45) is 0.493. The Labute approximate surface area is 232 Å². The largest absolute Gasteiger partial charge is 0.496 e. The van der Waals surface area contributed by atoms with E-state index >= 15 is 0 Å². The van der Waals surface area contributed by atoms with Gasteiger partial charge in [-0.3, -0.25) is 4.79 Å². The minimum Gasteiger partial charge on any atom is -0.496 e. The summed E-state index contributed by atoms with van der Waals surface area (Å²) in [6, 6.07) is 17.2. The maximum atomic E-state index is 13.5. The van der Waals surface area contributed by atoms with Crippen molar-refractivity contribution in [2.75, 3.05) is 14.2 Å². The Kier molecular flexibility index (Phi) is 7.28. The van der Waals surface area contributed by atoms with Crippen LogP contribution in [0.25, 0.3) is 33.5 Å². The van der Waals surface area contributed by atoms with Gasteiger partial charge in [0.2, 0.25) is 5.82 Å². The lowest BCUT2D eigenvalue weighted by Crippen LogP contribution is -2.25. The number of nitrogens with zero attached hydrogens (tertiary/aromatic N) is 3. The van der Waals surface area contributed by atoms with Crippen LogP contribution in [0.4, 0.5) is 0 Å². The Hall–Kier alpha value is -4.34. The van der Waals surface area contributed by atoms with Crippen LogP contribution < -0.4 is 15.0 Å². The van der Waals surface area contributed by atoms with Gasteiger partial charge in [0.1, 0.15) is 11.3 Å². The second kappa shape index (κ2) is 10.8. The van der Waals surface area contributed by atoms with E-state index in [4.69, 9.17) is 37.1 Å². The van der Waals surface area contributed by atoms with Gasteiger partial charge in [0, 0.05) is 0 Å². The number of para-hydroxylation sites is 1. The number of rotatable bonds is 7. The van der Waals surface area contributed by atoms with Crippen LogP contribution in [0.15, 0.2) is 75.0 Å². The van der Waals surface area contributed by atoms with E-state index in [0.717, 1.165) is 10.1 Å².